The van der Waals surface area contributed by atoms with Gasteiger partial charge in [-0.05, 0) is 18.6 Å². The van der Waals surface area contributed by atoms with E-state index in [1.807, 2.05) is 37.3 Å². The van der Waals surface area contributed by atoms with Crippen LogP contribution in [0, 0.1) is 10.1 Å². The number of amides is 1. The normalized spacial score (nSPS) is 11.7. The molecule has 21 heavy (non-hydrogen) atoms. The zero-order valence-corrected chi connectivity index (χ0v) is 12.0. The Morgan fingerprint density at radius 3 is 2.48 bits per heavy atom. The van der Waals surface area contributed by atoms with Crippen LogP contribution in [0.3, 0.4) is 0 Å². The van der Waals surface area contributed by atoms with Gasteiger partial charge in [0.05, 0.1) is 16.5 Å². The Balaban J connectivity index is 2.22. The van der Waals surface area contributed by atoms with Crippen molar-refractivity contribution in [1.82, 2.24) is 5.32 Å². The summed E-state index contributed by atoms with van der Waals surface area (Å²) in [5.41, 5.74) is 0.748. The Labute approximate surface area is 126 Å². The van der Waals surface area contributed by atoms with E-state index < -0.39 is 10.8 Å². The van der Waals surface area contributed by atoms with E-state index in [0.29, 0.717) is 0 Å². The third-order valence-corrected chi connectivity index (χ3v) is 3.46. The van der Waals surface area contributed by atoms with Crippen LogP contribution in [-0.4, -0.2) is 10.8 Å². The summed E-state index contributed by atoms with van der Waals surface area (Å²) in [6.45, 7) is 1.83. The highest BCUT2D eigenvalue weighted by molar-refractivity contribution is 6.35. The molecule has 0 aliphatic rings. The van der Waals surface area contributed by atoms with Crippen molar-refractivity contribution in [2.75, 3.05) is 0 Å². The second-order valence-electron chi connectivity index (χ2n) is 4.50. The van der Waals surface area contributed by atoms with Gasteiger partial charge in [-0.15, -0.1) is 0 Å². The van der Waals surface area contributed by atoms with E-state index >= 15 is 0 Å². The number of nitrogens with zero attached hydrogens (tertiary/aromatic N) is 1. The van der Waals surface area contributed by atoms with E-state index in [9.17, 15) is 14.9 Å². The maximum atomic E-state index is 12.2. The molecular weight excluding hydrogens is 292 g/mol. The first kappa shape index (κ1) is 15.0. The Bertz CT molecular complexity index is 674. The minimum atomic E-state index is -0.611. The van der Waals surface area contributed by atoms with Gasteiger partial charge in [-0.2, -0.15) is 0 Å². The number of hydrogen-bond donors (Lipinski definition) is 1. The quantitative estimate of drug-likeness (QED) is 0.691. The summed E-state index contributed by atoms with van der Waals surface area (Å²) in [7, 11) is 0. The van der Waals surface area contributed by atoms with Crippen LogP contribution in [0.25, 0.3) is 0 Å². The second kappa shape index (κ2) is 6.37. The number of rotatable bonds is 4. The topological polar surface area (TPSA) is 72.2 Å². The second-order valence-corrected chi connectivity index (χ2v) is 4.88. The highest BCUT2D eigenvalue weighted by Gasteiger charge is 2.21. The highest BCUT2D eigenvalue weighted by Crippen LogP contribution is 2.28. The van der Waals surface area contributed by atoms with Gasteiger partial charge in [-0.1, -0.05) is 48.0 Å². The first-order valence-electron chi connectivity index (χ1n) is 6.29. The minimum Gasteiger partial charge on any atom is -0.345 e. The number of carbonyl (C=O) groups excluding carboxylic acids is 1. The number of benzene rings is 2. The van der Waals surface area contributed by atoms with Gasteiger partial charge in [0.15, 0.2) is 0 Å². The maximum absolute atomic E-state index is 12.2. The summed E-state index contributed by atoms with van der Waals surface area (Å²) >= 11 is 5.93. The van der Waals surface area contributed by atoms with Crippen LogP contribution in [0.5, 0.6) is 0 Å². The summed E-state index contributed by atoms with van der Waals surface area (Å²) in [6.07, 6.45) is 0. The fourth-order valence-corrected chi connectivity index (χ4v) is 2.22. The molecule has 0 radical (unpaired) electrons. The molecule has 0 saturated carbocycles. The molecule has 0 aliphatic carbocycles. The van der Waals surface area contributed by atoms with E-state index in [-0.39, 0.29) is 22.3 Å². The van der Waals surface area contributed by atoms with Crippen LogP contribution < -0.4 is 5.32 Å². The molecule has 5 nitrogen and oxygen atoms in total. The van der Waals surface area contributed by atoms with Crippen molar-refractivity contribution in [2.45, 2.75) is 13.0 Å². The van der Waals surface area contributed by atoms with Crippen molar-refractivity contribution in [2.24, 2.45) is 0 Å². The van der Waals surface area contributed by atoms with Gasteiger partial charge in [0, 0.05) is 6.07 Å². The molecular formula is C15H13ClN2O3. The number of halogens is 1. The SMILES string of the molecule is CC(NC(=O)c1cccc([N+](=O)[O-])c1Cl)c1ccccc1. The average Bonchev–Trinajstić information content (AvgIpc) is 2.47. The Kier molecular flexibility index (Phi) is 4.55. The van der Waals surface area contributed by atoms with Crippen molar-refractivity contribution >= 4 is 23.2 Å². The molecule has 0 aromatic heterocycles. The molecule has 0 saturated heterocycles. The molecule has 1 unspecified atom stereocenters. The van der Waals surface area contributed by atoms with Crippen LogP contribution in [0.15, 0.2) is 48.5 Å². The Morgan fingerprint density at radius 1 is 1.19 bits per heavy atom. The predicted octanol–water partition coefficient (Wildman–Crippen LogP) is 3.74. The van der Waals surface area contributed by atoms with Crippen LogP contribution in [0.2, 0.25) is 5.02 Å². The van der Waals surface area contributed by atoms with Crippen LogP contribution >= 0.6 is 11.6 Å². The molecule has 0 fully saturated rings. The maximum Gasteiger partial charge on any atom is 0.288 e. The molecule has 1 N–H and O–H groups in total. The van der Waals surface area contributed by atoms with Crippen LogP contribution in [0.4, 0.5) is 5.69 Å². The Morgan fingerprint density at radius 2 is 1.86 bits per heavy atom. The predicted molar refractivity (Wildman–Crippen MR) is 80.4 cm³/mol. The number of nitro benzene ring substituents is 1. The number of hydrogen-bond acceptors (Lipinski definition) is 3. The average molecular weight is 305 g/mol. The van der Waals surface area contributed by atoms with Gasteiger partial charge in [0.25, 0.3) is 11.6 Å². The lowest BCUT2D eigenvalue weighted by Gasteiger charge is -2.14. The van der Waals surface area contributed by atoms with E-state index in [2.05, 4.69) is 5.32 Å². The summed E-state index contributed by atoms with van der Waals surface area (Å²) in [5, 5.41) is 13.5. The van der Waals surface area contributed by atoms with Gasteiger partial charge in [-0.3, -0.25) is 14.9 Å². The van der Waals surface area contributed by atoms with E-state index in [1.54, 1.807) is 0 Å². The molecule has 1 atom stereocenters. The molecule has 1 amide bonds. The molecule has 2 aromatic rings. The lowest BCUT2D eigenvalue weighted by Crippen LogP contribution is -2.27. The molecule has 108 valence electrons. The van der Waals surface area contributed by atoms with Gasteiger partial charge in [-0.25, -0.2) is 0 Å². The summed E-state index contributed by atoms with van der Waals surface area (Å²) in [6, 6.07) is 13.3. The summed E-state index contributed by atoms with van der Waals surface area (Å²) < 4.78 is 0. The molecule has 0 heterocycles. The largest absolute Gasteiger partial charge is 0.345 e. The summed E-state index contributed by atoms with van der Waals surface area (Å²) in [5.74, 6) is -0.444. The van der Waals surface area contributed by atoms with Crippen molar-refractivity contribution in [3.63, 3.8) is 0 Å². The lowest BCUT2D eigenvalue weighted by molar-refractivity contribution is -0.384. The summed E-state index contributed by atoms with van der Waals surface area (Å²) in [4.78, 5) is 22.4. The number of carbonyl (C=O) groups is 1. The van der Waals surface area contributed by atoms with Crippen molar-refractivity contribution in [3.8, 4) is 0 Å². The standard InChI is InChI=1S/C15H13ClN2O3/c1-10(11-6-3-2-4-7-11)17-15(19)12-8-5-9-13(14(12)16)18(20)21/h2-10H,1H3,(H,17,19). The number of nitro groups is 1. The third-order valence-electron chi connectivity index (χ3n) is 3.07. The van der Waals surface area contributed by atoms with Gasteiger partial charge < -0.3 is 5.32 Å². The third kappa shape index (κ3) is 3.38. The fourth-order valence-electron chi connectivity index (χ4n) is 1.94. The van der Waals surface area contributed by atoms with Crippen LogP contribution in [-0.2, 0) is 0 Å². The molecule has 0 aliphatic heterocycles. The molecule has 2 rings (SSSR count). The van der Waals surface area contributed by atoms with Crippen molar-refractivity contribution < 1.29 is 9.72 Å². The highest BCUT2D eigenvalue weighted by atomic mass is 35.5. The van der Waals surface area contributed by atoms with Gasteiger partial charge >= 0.3 is 0 Å². The lowest BCUT2D eigenvalue weighted by atomic mass is 10.1. The van der Waals surface area contributed by atoms with E-state index in [4.69, 9.17) is 11.6 Å². The molecule has 2 aromatic carbocycles. The smallest absolute Gasteiger partial charge is 0.288 e. The molecule has 0 bridgehead atoms. The molecule has 6 heteroatoms. The van der Waals surface area contributed by atoms with Crippen molar-refractivity contribution in [3.05, 3.63) is 74.8 Å². The van der Waals surface area contributed by atoms with E-state index in [1.165, 1.54) is 18.2 Å². The molecule has 0 spiro atoms. The van der Waals surface area contributed by atoms with Gasteiger partial charge in [0.2, 0.25) is 0 Å². The Hall–Kier alpha value is -2.40. The monoisotopic (exact) mass is 304 g/mol. The van der Waals surface area contributed by atoms with Crippen LogP contribution in [0.1, 0.15) is 28.9 Å². The fraction of sp³-hybridized carbons (Fsp3) is 0.133. The first-order chi connectivity index (χ1) is 10.0. The van der Waals surface area contributed by atoms with Gasteiger partial charge in [0.1, 0.15) is 5.02 Å². The zero-order valence-electron chi connectivity index (χ0n) is 11.2. The van der Waals surface area contributed by atoms with E-state index in [0.717, 1.165) is 5.56 Å². The number of nitrogens with one attached hydrogen (secondary N) is 1. The minimum absolute atomic E-state index is 0.0913. The zero-order chi connectivity index (χ0) is 15.4. The van der Waals surface area contributed by atoms with Crippen molar-refractivity contribution in [1.29, 1.82) is 0 Å². The first-order valence-corrected chi connectivity index (χ1v) is 6.67.